The summed E-state index contributed by atoms with van der Waals surface area (Å²) in [5.41, 5.74) is 3.41. The summed E-state index contributed by atoms with van der Waals surface area (Å²) in [5, 5.41) is 11.3. The van der Waals surface area contributed by atoms with Gasteiger partial charge in [0.1, 0.15) is 0 Å². The van der Waals surface area contributed by atoms with Crippen molar-refractivity contribution in [1.29, 1.82) is 0 Å². The van der Waals surface area contributed by atoms with Gasteiger partial charge >= 0.3 is 0 Å². The average molecular weight is 304 g/mol. The lowest BCUT2D eigenvalue weighted by Crippen LogP contribution is -2.21. The van der Waals surface area contributed by atoms with Gasteiger partial charge in [0.2, 0.25) is 5.91 Å². The number of nitrogens with zero attached hydrogens (tertiary/aromatic N) is 3. The quantitative estimate of drug-likeness (QED) is 0.671. The third kappa shape index (κ3) is 4.07. The number of rotatable bonds is 5. The fourth-order valence-corrected chi connectivity index (χ4v) is 2.74. The molecule has 1 amide bonds. The van der Waals surface area contributed by atoms with Crippen LogP contribution in [0.1, 0.15) is 25.0 Å². The summed E-state index contributed by atoms with van der Waals surface area (Å²) in [7, 11) is 0. The van der Waals surface area contributed by atoms with E-state index in [0.29, 0.717) is 10.9 Å². The van der Waals surface area contributed by atoms with E-state index < -0.39 is 0 Å². The van der Waals surface area contributed by atoms with Gasteiger partial charge in [-0.25, -0.2) is 0 Å². The topological polar surface area (TPSA) is 57.1 Å². The molecule has 5 nitrogen and oxygen atoms in total. The molecule has 1 saturated heterocycles. The first-order valence-corrected chi connectivity index (χ1v) is 8.01. The lowest BCUT2D eigenvalue weighted by atomic mass is 10.1. The zero-order valence-corrected chi connectivity index (χ0v) is 13.4. The molecule has 112 valence electrons. The second kappa shape index (κ2) is 7.26. The highest BCUT2D eigenvalue weighted by molar-refractivity contribution is 8.15. The highest BCUT2D eigenvalue weighted by atomic mass is 32.2. The Morgan fingerprint density at radius 2 is 2.14 bits per heavy atom. The average Bonchev–Trinajstić information content (AvgIpc) is 2.88. The van der Waals surface area contributed by atoms with Crippen molar-refractivity contribution in [3.63, 3.8) is 0 Å². The van der Waals surface area contributed by atoms with Crippen molar-refractivity contribution in [1.82, 2.24) is 5.32 Å². The van der Waals surface area contributed by atoms with E-state index in [1.54, 1.807) is 6.21 Å². The van der Waals surface area contributed by atoms with Crippen molar-refractivity contribution >= 4 is 34.7 Å². The van der Waals surface area contributed by atoms with Crippen molar-refractivity contribution < 1.29 is 4.79 Å². The van der Waals surface area contributed by atoms with E-state index in [1.807, 2.05) is 6.07 Å². The number of benzene rings is 1. The first kappa shape index (κ1) is 15.6. The Kier molecular flexibility index (Phi) is 5.38. The minimum Gasteiger partial charge on any atom is -0.372 e. The monoisotopic (exact) mass is 304 g/mol. The molecular weight excluding hydrogens is 284 g/mol. The molecule has 0 spiro atoms. The van der Waals surface area contributed by atoms with E-state index in [9.17, 15) is 4.79 Å². The van der Waals surface area contributed by atoms with Crippen LogP contribution in [0.5, 0.6) is 0 Å². The summed E-state index contributed by atoms with van der Waals surface area (Å²) in [6, 6.07) is 6.31. The summed E-state index contributed by atoms with van der Waals surface area (Å²) >= 11 is 1.37. The van der Waals surface area contributed by atoms with Crippen LogP contribution >= 0.6 is 11.8 Å². The van der Waals surface area contributed by atoms with Gasteiger partial charge in [-0.3, -0.25) is 4.79 Å². The van der Waals surface area contributed by atoms with Crippen molar-refractivity contribution in [2.45, 2.75) is 20.8 Å². The van der Waals surface area contributed by atoms with Gasteiger partial charge < -0.3 is 10.2 Å². The van der Waals surface area contributed by atoms with Crippen LogP contribution in [0.4, 0.5) is 5.69 Å². The van der Waals surface area contributed by atoms with Crippen LogP contribution in [0.2, 0.25) is 0 Å². The molecule has 0 saturated carbocycles. The molecule has 1 aromatic carbocycles. The van der Waals surface area contributed by atoms with Crippen LogP contribution in [0.3, 0.4) is 0 Å². The molecule has 1 aromatic rings. The SMILES string of the molecule is CCN(CC)c1ccc(C=NN=C2NC(=O)CS2)c(C)c1. The predicted molar refractivity (Wildman–Crippen MR) is 90.4 cm³/mol. The Balaban J connectivity index is 2.09. The molecule has 0 bridgehead atoms. The molecule has 0 aromatic heterocycles. The number of carbonyl (C=O) groups excluding carboxylic acids is 1. The van der Waals surface area contributed by atoms with E-state index in [4.69, 9.17) is 0 Å². The zero-order valence-electron chi connectivity index (χ0n) is 12.6. The van der Waals surface area contributed by atoms with E-state index in [0.717, 1.165) is 24.2 Å². The third-order valence-corrected chi connectivity index (χ3v) is 4.18. The maximum absolute atomic E-state index is 11.0. The molecule has 1 aliphatic heterocycles. The van der Waals surface area contributed by atoms with E-state index in [1.165, 1.54) is 17.4 Å². The number of amidine groups is 1. The van der Waals surface area contributed by atoms with Gasteiger partial charge in [-0.2, -0.15) is 5.10 Å². The molecule has 6 heteroatoms. The molecule has 0 atom stereocenters. The second-order valence-electron chi connectivity index (χ2n) is 4.70. The molecule has 0 radical (unpaired) electrons. The lowest BCUT2D eigenvalue weighted by Gasteiger charge is -2.21. The van der Waals surface area contributed by atoms with Crippen LogP contribution in [-0.4, -0.2) is 36.1 Å². The van der Waals surface area contributed by atoms with Gasteiger partial charge in [0.25, 0.3) is 0 Å². The van der Waals surface area contributed by atoms with Gasteiger partial charge in [0, 0.05) is 18.8 Å². The lowest BCUT2D eigenvalue weighted by molar-refractivity contribution is -0.116. The number of anilines is 1. The highest BCUT2D eigenvalue weighted by Gasteiger charge is 2.15. The number of amides is 1. The number of thioether (sulfide) groups is 1. The molecule has 2 rings (SSSR count). The first-order valence-electron chi connectivity index (χ1n) is 7.03. The van der Waals surface area contributed by atoms with E-state index >= 15 is 0 Å². The Morgan fingerprint density at radius 1 is 1.38 bits per heavy atom. The number of hydrogen-bond donors (Lipinski definition) is 1. The van der Waals surface area contributed by atoms with E-state index in [2.05, 4.69) is 53.3 Å². The Labute approximate surface area is 129 Å². The fourth-order valence-electron chi connectivity index (χ4n) is 2.11. The summed E-state index contributed by atoms with van der Waals surface area (Å²) < 4.78 is 0. The van der Waals surface area contributed by atoms with Gasteiger partial charge in [-0.1, -0.05) is 17.8 Å². The van der Waals surface area contributed by atoms with E-state index in [-0.39, 0.29) is 5.91 Å². The molecule has 1 fully saturated rings. The van der Waals surface area contributed by atoms with Crippen LogP contribution in [-0.2, 0) is 4.79 Å². The Morgan fingerprint density at radius 3 is 2.71 bits per heavy atom. The number of carbonyl (C=O) groups is 1. The first-order chi connectivity index (χ1) is 10.1. The van der Waals surface area contributed by atoms with Crippen LogP contribution < -0.4 is 10.2 Å². The van der Waals surface area contributed by atoms with Crippen LogP contribution in [0.25, 0.3) is 0 Å². The maximum Gasteiger partial charge on any atom is 0.236 e. The van der Waals surface area contributed by atoms with Crippen molar-refractivity contribution in [3.8, 4) is 0 Å². The molecule has 1 N–H and O–H groups in total. The Bertz CT molecular complexity index is 579. The highest BCUT2D eigenvalue weighted by Crippen LogP contribution is 2.18. The largest absolute Gasteiger partial charge is 0.372 e. The number of hydrogen-bond acceptors (Lipinski definition) is 5. The normalized spacial score (nSPS) is 16.7. The Hall–Kier alpha value is -1.82. The standard InChI is InChI=1S/C15H20N4OS/c1-4-19(5-2)13-7-6-12(11(3)8-13)9-16-18-15-17-14(20)10-21-15/h6-9H,4-5,10H2,1-3H3,(H,17,18,20). The molecule has 0 aliphatic carbocycles. The molecule has 1 aliphatic rings. The molecule has 21 heavy (non-hydrogen) atoms. The van der Waals surface area contributed by atoms with Crippen LogP contribution in [0.15, 0.2) is 28.4 Å². The maximum atomic E-state index is 11.0. The number of aryl methyl sites for hydroxylation is 1. The molecular formula is C15H20N4OS. The van der Waals surface area contributed by atoms with Gasteiger partial charge in [-0.15, -0.1) is 5.10 Å². The summed E-state index contributed by atoms with van der Waals surface area (Å²) in [4.78, 5) is 13.3. The second-order valence-corrected chi connectivity index (χ2v) is 5.66. The van der Waals surface area contributed by atoms with Crippen molar-refractivity contribution in [2.75, 3.05) is 23.7 Å². The third-order valence-electron chi connectivity index (χ3n) is 3.31. The predicted octanol–water partition coefficient (Wildman–Crippen LogP) is 2.39. The van der Waals surface area contributed by atoms with Gasteiger partial charge in [0.05, 0.1) is 12.0 Å². The summed E-state index contributed by atoms with van der Waals surface area (Å²) in [5.74, 6) is 0.403. The van der Waals surface area contributed by atoms with Gasteiger partial charge in [0.15, 0.2) is 5.17 Å². The molecule has 0 unspecified atom stereocenters. The summed E-state index contributed by atoms with van der Waals surface area (Å²) in [6.07, 6.45) is 1.72. The molecule has 1 heterocycles. The number of nitrogens with one attached hydrogen (secondary N) is 1. The van der Waals surface area contributed by atoms with Crippen LogP contribution in [0, 0.1) is 6.92 Å². The summed E-state index contributed by atoms with van der Waals surface area (Å²) in [6.45, 7) is 8.35. The van der Waals surface area contributed by atoms with Crippen molar-refractivity contribution in [3.05, 3.63) is 29.3 Å². The minimum atomic E-state index is -0.0197. The minimum absolute atomic E-state index is 0.0197. The smallest absolute Gasteiger partial charge is 0.236 e. The zero-order chi connectivity index (χ0) is 15.2. The fraction of sp³-hybridized carbons (Fsp3) is 0.400. The van der Waals surface area contributed by atoms with Gasteiger partial charge in [-0.05, 0) is 44.0 Å². The van der Waals surface area contributed by atoms with Crippen molar-refractivity contribution in [2.24, 2.45) is 10.2 Å².